The Morgan fingerprint density at radius 3 is 2.68 bits per heavy atom. The molecule has 4 aromatic rings. The van der Waals surface area contributed by atoms with E-state index < -0.39 is 0 Å². The summed E-state index contributed by atoms with van der Waals surface area (Å²) in [5.41, 5.74) is 3.70. The van der Waals surface area contributed by atoms with Gasteiger partial charge in [-0.15, -0.1) is 0 Å². The lowest BCUT2D eigenvalue weighted by Gasteiger charge is -2.26. The van der Waals surface area contributed by atoms with Crippen LogP contribution in [0.3, 0.4) is 0 Å². The third kappa shape index (κ3) is 5.70. The number of anilines is 2. The minimum atomic E-state index is -0.0325. The Bertz CT molecular complexity index is 1370. The molecular weight excluding hydrogens is 466 g/mol. The number of hydrogen-bond donors (Lipinski definition) is 0. The van der Waals surface area contributed by atoms with Gasteiger partial charge in [0, 0.05) is 37.7 Å². The minimum Gasteiger partial charge on any atom is -0.423 e. The number of ether oxygens (including phenoxy) is 1. The molecule has 8 heteroatoms. The Labute approximate surface area is 217 Å². The van der Waals surface area contributed by atoms with Crippen molar-refractivity contribution in [1.29, 1.82) is 0 Å². The number of para-hydroxylation sites is 1. The molecule has 3 heterocycles. The number of piperidine rings is 1. The van der Waals surface area contributed by atoms with Crippen LogP contribution in [0.4, 0.5) is 11.7 Å². The zero-order valence-electron chi connectivity index (χ0n) is 21.7. The number of benzene rings is 2. The third-order valence-electron chi connectivity index (χ3n) is 6.92. The summed E-state index contributed by atoms with van der Waals surface area (Å²) in [5.74, 6) is 0.629. The minimum absolute atomic E-state index is 0.0325. The second-order valence-electron chi connectivity index (χ2n) is 9.44. The molecule has 0 unspecified atom stereocenters. The van der Waals surface area contributed by atoms with Gasteiger partial charge in [0.2, 0.25) is 0 Å². The topological polar surface area (TPSA) is 68.7 Å². The van der Waals surface area contributed by atoms with E-state index in [1.165, 1.54) is 19.3 Å². The van der Waals surface area contributed by atoms with Crippen molar-refractivity contribution < 1.29 is 9.15 Å². The predicted molar refractivity (Wildman–Crippen MR) is 146 cm³/mol. The average molecular weight is 502 g/mol. The first-order chi connectivity index (χ1) is 18.1. The highest BCUT2D eigenvalue weighted by atomic mass is 16.5. The van der Waals surface area contributed by atoms with E-state index in [2.05, 4.69) is 22.9 Å². The number of imidazole rings is 1. The second-order valence-corrected chi connectivity index (χ2v) is 9.44. The molecule has 0 amide bonds. The lowest BCUT2D eigenvalue weighted by molar-refractivity contribution is 0.151. The van der Waals surface area contributed by atoms with Crippen LogP contribution in [0.2, 0.25) is 0 Å². The van der Waals surface area contributed by atoms with E-state index in [4.69, 9.17) is 9.15 Å². The van der Waals surface area contributed by atoms with Gasteiger partial charge in [-0.1, -0.05) is 36.8 Å². The van der Waals surface area contributed by atoms with Crippen LogP contribution in [0.1, 0.15) is 31.7 Å². The van der Waals surface area contributed by atoms with Crippen molar-refractivity contribution in [2.45, 2.75) is 39.7 Å². The summed E-state index contributed by atoms with van der Waals surface area (Å²) in [6.45, 7) is 8.80. The largest absolute Gasteiger partial charge is 0.423 e. The second kappa shape index (κ2) is 11.6. The molecule has 37 heavy (non-hydrogen) atoms. The number of rotatable bonds is 10. The molecule has 0 radical (unpaired) electrons. The van der Waals surface area contributed by atoms with Gasteiger partial charge in [-0.05, 0) is 63.5 Å². The standard InChI is InChI=1S/C29H35N5O3/c1-3-36-22-34(26-13-6-5-10-23(26)2)28-30-21-27(37-28)24-11-9-12-25(20-24)33-19-18-32(29(33)35)17-16-31-14-7-4-8-15-31/h5-6,9-13,18-21H,3-4,7-8,14-17,22H2,1-2H3. The van der Waals surface area contributed by atoms with Crippen LogP contribution in [-0.2, 0) is 11.3 Å². The lowest BCUT2D eigenvalue weighted by atomic mass is 10.1. The zero-order chi connectivity index (χ0) is 25.6. The lowest BCUT2D eigenvalue weighted by Crippen LogP contribution is -2.34. The van der Waals surface area contributed by atoms with Crippen LogP contribution >= 0.6 is 0 Å². The zero-order valence-corrected chi connectivity index (χ0v) is 21.7. The number of oxazole rings is 1. The van der Waals surface area contributed by atoms with Crippen molar-refractivity contribution >= 4 is 11.7 Å². The molecule has 0 atom stereocenters. The maximum absolute atomic E-state index is 13.1. The van der Waals surface area contributed by atoms with E-state index in [1.54, 1.807) is 15.3 Å². The highest BCUT2D eigenvalue weighted by Gasteiger charge is 2.18. The van der Waals surface area contributed by atoms with E-state index >= 15 is 0 Å². The molecule has 5 rings (SSSR count). The van der Waals surface area contributed by atoms with Gasteiger partial charge in [0.1, 0.15) is 6.73 Å². The summed E-state index contributed by atoms with van der Waals surface area (Å²) in [5, 5.41) is 0. The molecule has 0 aliphatic carbocycles. The van der Waals surface area contributed by atoms with Crippen LogP contribution < -0.4 is 10.6 Å². The van der Waals surface area contributed by atoms with Crippen molar-refractivity contribution in [3.8, 4) is 17.0 Å². The summed E-state index contributed by atoms with van der Waals surface area (Å²) in [6.07, 6.45) is 9.25. The fourth-order valence-electron chi connectivity index (χ4n) is 4.82. The Morgan fingerprint density at radius 1 is 1.03 bits per heavy atom. The van der Waals surface area contributed by atoms with Crippen LogP contribution in [0.15, 0.2) is 76.3 Å². The number of aryl methyl sites for hydroxylation is 1. The number of likely N-dealkylation sites (tertiary alicyclic amines) is 1. The average Bonchev–Trinajstić information content (AvgIpc) is 3.56. The maximum atomic E-state index is 13.1. The van der Waals surface area contributed by atoms with E-state index in [0.29, 0.717) is 31.7 Å². The number of nitrogens with zero attached hydrogens (tertiary/aromatic N) is 5. The summed E-state index contributed by atoms with van der Waals surface area (Å²) in [7, 11) is 0. The van der Waals surface area contributed by atoms with Crippen LogP contribution in [-0.4, -0.2) is 52.0 Å². The Morgan fingerprint density at radius 2 is 1.86 bits per heavy atom. The van der Waals surface area contributed by atoms with Gasteiger partial charge in [-0.3, -0.25) is 14.0 Å². The van der Waals surface area contributed by atoms with Crippen LogP contribution in [0.25, 0.3) is 17.0 Å². The van der Waals surface area contributed by atoms with Gasteiger partial charge in [-0.2, -0.15) is 0 Å². The van der Waals surface area contributed by atoms with E-state index in [9.17, 15) is 4.79 Å². The van der Waals surface area contributed by atoms with Gasteiger partial charge in [0.15, 0.2) is 5.76 Å². The molecule has 2 aromatic carbocycles. The first-order valence-corrected chi connectivity index (χ1v) is 13.1. The van der Waals surface area contributed by atoms with Crippen molar-refractivity contribution in [2.75, 3.05) is 37.9 Å². The van der Waals surface area contributed by atoms with E-state index in [0.717, 1.165) is 42.1 Å². The Kier molecular flexibility index (Phi) is 7.87. The molecule has 8 nitrogen and oxygen atoms in total. The molecule has 1 aliphatic rings. The van der Waals surface area contributed by atoms with Crippen LogP contribution in [0.5, 0.6) is 0 Å². The molecule has 0 N–H and O–H groups in total. The maximum Gasteiger partial charge on any atom is 0.332 e. The van der Waals surface area contributed by atoms with Gasteiger partial charge >= 0.3 is 11.7 Å². The molecule has 194 valence electrons. The summed E-state index contributed by atoms with van der Waals surface area (Å²) < 4.78 is 15.4. The van der Waals surface area contributed by atoms with Crippen LogP contribution in [0, 0.1) is 6.92 Å². The smallest absolute Gasteiger partial charge is 0.332 e. The van der Waals surface area contributed by atoms with Crippen molar-refractivity contribution in [1.82, 2.24) is 19.0 Å². The summed E-state index contributed by atoms with van der Waals surface area (Å²) >= 11 is 0. The molecule has 1 aliphatic heterocycles. The van der Waals surface area contributed by atoms with Gasteiger partial charge in [-0.25, -0.2) is 9.78 Å². The van der Waals surface area contributed by atoms with Gasteiger partial charge in [0.25, 0.3) is 0 Å². The first kappa shape index (κ1) is 25.0. The fourth-order valence-corrected chi connectivity index (χ4v) is 4.82. The molecule has 2 aromatic heterocycles. The molecule has 1 saturated heterocycles. The van der Waals surface area contributed by atoms with E-state index in [1.807, 2.05) is 66.7 Å². The predicted octanol–water partition coefficient (Wildman–Crippen LogP) is 5.22. The number of aromatic nitrogens is 3. The normalized spacial score (nSPS) is 14.2. The molecular formula is C29H35N5O3. The third-order valence-corrected chi connectivity index (χ3v) is 6.92. The highest BCUT2D eigenvalue weighted by molar-refractivity contribution is 5.64. The number of hydrogen-bond acceptors (Lipinski definition) is 6. The molecule has 0 spiro atoms. The highest BCUT2D eigenvalue weighted by Crippen LogP contribution is 2.31. The first-order valence-electron chi connectivity index (χ1n) is 13.1. The van der Waals surface area contributed by atoms with Crippen molar-refractivity contribution in [3.63, 3.8) is 0 Å². The Balaban J connectivity index is 1.36. The van der Waals surface area contributed by atoms with Gasteiger partial charge < -0.3 is 14.1 Å². The van der Waals surface area contributed by atoms with Crippen molar-refractivity contribution in [2.24, 2.45) is 0 Å². The molecule has 0 bridgehead atoms. The monoisotopic (exact) mass is 501 g/mol. The van der Waals surface area contributed by atoms with Crippen molar-refractivity contribution in [3.05, 3.63) is 83.2 Å². The van der Waals surface area contributed by atoms with E-state index in [-0.39, 0.29) is 5.69 Å². The SMILES string of the molecule is CCOCN(c1ncc(-c2cccc(-n3ccn(CCN4CCCCC4)c3=O)c2)o1)c1ccccc1C. The molecule has 1 fully saturated rings. The summed E-state index contributed by atoms with van der Waals surface area (Å²) in [4.78, 5) is 22.1. The Hall–Kier alpha value is -3.62. The quantitative estimate of drug-likeness (QED) is 0.278. The fraction of sp³-hybridized carbons (Fsp3) is 0.379. The van der Waals surface area contributed by atoms with Gasteiger partial charge in [0.05, 0.1) is 17.6 Å². The molecule has 0 saturated carbocycles. The summed E-state index contributed by atoms with van der Waals surface area (Å²) in [6, 6.07) is 16.3.